The van der Waals surface area contributed by atoms with Gasteiger partial charge < -0.3 is 26.4 Å². The number of carbonyl (C=O) groups is 3. The molecule has 0 fully saturated rings. The first-order valence-electron chi connectivity index (χ1n) is 14.2. The molecule has 0 spiro atoms. The number of hydrogen-bond donors (Lipinski definition) is 3. The molecule has 0 saturated heterocycles. The van der Waals surface area contributed by atoms with Crippen LogP contribution in [0.1, 0.15) is 74.5 Å². The fourth-order valence-corrected chi connectivity index (χ4v) is 4.73. The quantitative estimate of drug-likeness (QED) is 0.240. The van der Waals surface area contributed by atoms with Crippen molar-refractivity contribution in [2.75, 3.05) is 19.6 Å². The highest BCUT2D eigenvalue weighted by Crippen LogP contribution is 2.17. The zero-order valence-corrected chi connectivity index (χ0v) is 24.3. The Kier molecular flexibility index (Phi) is 12.1. The maximum absolute atomic E-state index is 13.5. The zero-order chi connectivity index (χ0) is 29.8. The van der Waals surface area contributed by atoms with E-state index in [1.165, 1.54) is 18.2 Å². The third-order valence-electron chi connectivity index (χ3n) is 6.78. The van der Waals surface area contributed by atoms with Crippen LogP contribution in [0.2, 0.25) is 0 Å². The first-order chi connectivity index (χ1) is 19.7. The van der Waals surface area contributed by atoms with Crippen molar-refractivity contribution >= 4 is 17.8 Å². The van der Waals surface area contributed by atoms with Gasteiger partial charge in [-0.25, -0.2) is 4.79 Å². The summed E-state index contributed by atoms with van der Waals surface area (Å²) in [5, 5.41) is 3.35. The minimum Gasteiger partial charge on any atom is -0.456 e. The second kappa shape index (κ2) is 15.7. The third-order valence-corrected chi connectivity index (χ3v) is 6.78. The van der Waals surface area contributed by atoms with Gasteiger partial charge in [0.2, 0.25) is 5.91 Å². The molecule has 2 atom stereocenters. The topological polar surface area (TPSA) is 128 Å². The number of ether oxygens (including phenoxy) is 1. The molecule has 0 radical (unpaired) electrons. The number of nitrogens with zero attached hydrogens (tertiary/aromatic N) is 1. The standard InChI is InChI=1S/C33H42N4O4/c1-4-14-37(15-5-2)32(39)27-18-26(31(35)38)19-28(20-27)33(40)41-30(22-36-21-24-11-7-6-8-12-24)29(34)17-25-13-9-10-23(3)16-25/h6-13,16,18-20,29-30,36H,4-5,14-15,17,21-22,34H2,1-3H3,(H2,35,38)/t29-,30+/m0/s1. The molecule has 0 aliphatic rings. The van der Waals surface area contributed by atoms with E-state index in [9.17, 15) is 14.4 Å². The third kappa shape index (κ3) is 9.55. The Balaban J connectivity index is 1.85. The lowest BCUT2D eigenvalue weighted by molar-refractivity contribution is 0.0238. The monoisotopic (exact) mass is 558 g/mol. The fourth-order valence-electron chi connectivity index (χ4n) is 4.73. The van der Waals surface area contributed by atoms with E-state index in [0.29, 0.717) is 32.6 Å². The summed E-state index contributed by atoms with van der Waals surface area (Å²) in [5.41, 5.74) is 15.8. The lowest BCUT2D eigenvalue weighted by Gasteiger charge is -2.25. The molecule has 0 unspecified atom stereocenters. The molecule has 0 bridgehead atoms. The van der Waals surface area contributed by atoms with E-state index in [-0.39, 0.29) is 22.6 Å². The summed E-state index contributed by atoms with van der Waals surface area (Å²) < 4.78 is 5.96. The van der Waals surface area contributed by atoms with E-state index in [4.69, 9.17) is 16.2 Å². The average Bonchev–Trinajstić information content (AvgIpc) is 2.96. The molecule has 3 rings (SSSR count). The van der Waals surface area contributed by atoms with E-state index in [0.717, 1.165) is 29.5 Å². The SMILES string of the molecule is CCCN(CCC)C(=O)c1cc(C(N)=O)cc(C(=O)O[C@H](CNCc2ccccc2)[C@@H](N)Cc2cccc(C)c2)c1. The molecule has 0 saturated carbocycles. The molecule has 3 aromatic carbocycles. The van der Waals surface area contributed by atoms with Crippen molar-refractivity contribution in [2.45, 2.75) is 58.7 Å². The van der Waals surface area contributed by atoms with Crippen molar-refractivity contribution in [1.29, 1.82) is 0 Å². The number of rotatable bonds is 15. The average molecular weight is 559 g/mol. The van der Waals surface area contributed by atoms with Crippen LogP contribution >= 0.6 is 0 Å². The van der Waals surface area contributed by atoms with Crippen molar-refractivity contribution < 1.29 is 19.1 Å². The molecule has 218 valence electrons. The van der Waals surface area contributed by atoms with Crippen LogP contribution in [0.5, 0.6) is 0 Å². The summed E-state index contributed by atoms with van der Waals surface area (Å²) in [4.78, 5) is 40.6. The predicted molar refractivity (Wildman–Crippen MR) is 162 cm³/mol. The number of carbonyl (C=O) groups excluding carboxylic acids is 3. The van der Waals surface area contributed by atoms with Gasteiger partial charge in [0.25, 0.3) is 5.91 Å². The van der Waals surface area contributed by atoms with Gasteiger partial charge in [-0.2, -0.15) is 0 Å². The first kappa shape index (κ1) is 31.5. The van der Waals surface area contributed by atoms with Crippen LogP contribution in [0.25, 0.3) is 0 Å². The van der Waals surface area contributed by atoms with Gasteiger partial charge in [-0.15, -0.1) is 0 Å². The van der Waals surface area contributed by atoms with Crippen molar-refractivity contribution in [3.05, 3.63) is 106 Å². The predicted octanol–water partition coefficient (Wildman–Crippen LogP) is 4.24. The number of nitrogens with one attached hydrogen (secondary N) is 1. The Morgan fingerprint density at radius 3 is 2.12 bits per heavy atom. The van der Waals surface area contributed by atoms with Crippen molar-refractivity contribution in [1.82, 2.24) is 10.2 Å². The summed E-state index contributed by atoms with van der Waals surface area (Å²) in [6.45, 7) is 8.02. The molecular weight excluding hydrogens is 516 g/mol. The van der Waals surface area contributed by atoms with Gasteiger partial charge in [-0.05, 0) is 55.5 Å². The van der Waals surface area contributed by atoms with Crippen LogP contribution in [0.4, 0.5) is 0 Å². The number of benzene rings is 3. The van der Waals surface area contributed by atoms with Crippen molar-refractivity contribution in [2.24, 2.45) is 11.5 Å². The van der Waals surface area contributed by atoms with Gasteiger partial charge in [0, 0.05) is 43.3 Å². The van der Waals surface area contributed by atoms with Crippen LogP contribution in [-0.2, 0) is 17.7 Å². The van der Waals surface area contributed by atoms with Crippen LogP contribution in [0.3, 0.4) is 0 Å². The Morgan fingerprint density at radius 2 is 1.49 bits per heavy atom. The molecule has 0 heterocycles. The molecule has 0 aliphatic heterocycles. The summed E-state index contributed by atoms with van der Waals surface area (Å²) in [5.74, 6) is -1.67. The lowest BCUT2D eigenvalue weighted by Crippen LogP contribution is -2.46. The molecule has 0 aliphatic carbocycles. The largest absolute Gasteiger partial charge is 0.456 e. The second-order valence-electron chi connectivity index (χ2n) is 10.4. The van der Waals surface area contributed by atoms with Gasteiger partial charge in [-0.1, -0.05) is 74.0 Å². The smallest absolute Gasteiger partial charge is 0.338 e. The van der Waals surface area contributed by atoms with Gasteiger partial charge in [0.1, 0.15) is 6.10 Å². The van der Waals surface area contributed by atoms with E-state index < -0.39 is 24.0 Å². The van der Waals surface area contributed by atoms with Crippen LogP contribution < -0.4 is 16.8 Å². The number of esters is 1. The number of aryl methyl sites for hydroxylation is 1. The molecule has 8 nitrogen and oxygen atoms in total. The molecule has 0 aromatic heterocycles. The number of primary amides is 1. The summed E-state index contributed by atoms with van der Waals surface area (Å²) in [7, 11) is 0. The Labute approximate surface area is 243 Å². The second-order valence-corrected chi connectivity index (χ2v) is 10.4. The number of hydrogen-bond acceptors (Lipinski definition) is 6. The van der Waals surface area contributed by atoms with Gasteiger partial charge >= 0.3 is 5.97 Å². The van der Waals surface area contributed by atoms with Crippen LogP contribution in [-0.4, -0.2) is 54.5 Å². The maximum Gasteiger partial charge on any atom is 0.338 e. The Morgan fingerprint density at radius 1 is 0.854 bits per heavy atom. The van der Waals surface area contributed by atoms with Crippen LogP contribution in [0.15, 0.2) is 72.8 Å². The van der Waals surface area contributed by atoms with E-state index in [1.807, 2.05) is 69.3 Å². The molecule has 8 heteroatoms. The van der Waals surface area contributed by atoms with Gasteiger partial charge in [0.15, 0.2) is 0 Å². The molecule has 3 aromatic rings. The minimum absolute atomic E-state index is 0.0681. The van der Waals surface area contributed by atoms with Gasteiger partial charge in [0.05, 0.1) is 5.56 Å². The minimum atomic E-state index is -0.733. The summed E-state index contributed by atoms with van der Waals surface area (Å²) >= 11 is 0. The fraction of sp³-hybridized carbons (Fsp3) is 0.364. The van der Waals surface area contributed by atoms with Crippen molar-refractivity contribution in [3.8, 4) is 0 Å². The normalized spacial score (nSPS) is 12.4. The van der Waals surface area contributed by atoms with E-state index in [2.05, 4.69) is 11.4 Å². The van der Waals surface area contributed by atoms with Crippen molar-refractivity contribution in [3.63, 3.8) is 0 Å². The molecular formula is C33H42N4O4. The maximum atomic E-state index is 13.5. The molecule has 2 amide bonds. The highest BCUT2D eigenvalue weighted by molar-refractivity contribution is 6.03. The lowest BCUT2D eigenvalue weighted by atomic mass is 10.00. The number of nitrogens with two attached hydrogens (primary N) is 2. The Bertz CT molecular complexity index is 1310. The number of amides is 2. The van der Waals surface area contributed by atoms with Gasteiger partial charge in [-0.3, -0.25) is 9.59 Å². The zero-order valence-electron chi connectivity index (χ0n) is 24.3. The van der Waals surface area contributed by atoms with E-state index >= 15 is 0 Å². The van der Waals surface area contributed by atoms with Crippen LogP contribution in [0, 0.1) is 6.92 Å². The molecule has 5 N–H and O–H groups in total. The Hall–Kier alpha value is -4.01. The highest BCUT2D eigenvalue weighted by atomic mass is 16.5. The summed E-state index contributed by atoms with van der Waals surface area (Å²) in [6.07, 6.45) is 1.39. The first-order valence-corrected chi connectivity index (χ1v) is 14.2. The summed E-state index contributed by atoms with van der Waals surface area (Å²) in [6, 6.07) is 21.7. The highest BCUT2D eigenvalue weighted by Gasteiger charge is 2.25. The molecule has 41 heavy (non-hydrogen) atoms. The van der Waals surface area contributed by atoms with E-state index in [1.54, 1.807) is 4.90 Å².